The molecule has 8 nitrogen and oxygen atoms in total. The molecule has 1 rings (SSSR count). The van der Waals surface area contributed by atoms with Gasteiger partial charge in [0.05, 0.1) is 18.9 Å². The molecule has 102 valence electrons. The van der Waals surface area contributed by atoms with E-state index in [4.69, 9.17) is 9.84 Å². The highest BCUT2D eigenvalue weighted by Gasteiger charge is 2.37. The molecular formula is C10H17N3O5. The smallest absolute Gasteiger partial charge is 0.408 e. The van der Waals surface area contributed by atoms with Gasteiger partial charge in [0.2, 0.25) is 5.91 Å². The normalized spacial score (nSPS) is 21.1. The Labute approximate surface area is 105 Å². The van der Waals surface area contributed by atoms with Gasteiger partial charge in [0.25, 0.3) is 0 Å². The second kappa shape index (κ2) is 6.80. The first kappa shape index (κ1) is 14.2. The first-order chi connectivity index (χ1) is 8.60. The van der Waals surface area contributed by atoms with Gasteiger partial charge in [-0.05, 0) is 0 Å². The quantitative estimate of drug-likeness (QED) is 0.512. The molecule has 1 atom stereocenters. The number of carboxylic acid groups (broad SMARTS) is 1. The lowest BCUT2D eigenvalue weighted by Crippen LogP contribution is -2.46. The molecule has 2 N–H and O–H groups in total. The van der Waals surface area contributed by atoms with Crippen LogP contribution < -0.4 is 5.32 Å². The van der Waals surface area contributed by atoms with Gasteiger partial charge in [-0.3, -0.25) is 9.69 Å². The summed E-state index contributed by atoms with van der Waals surface area (Å²) in [4.78, 5) is 28.5. The number of amides is 2. The molecule has 0 bridgehead atoms. The number of likely N-dealkylation sites (tertiary alicyclic amines) is 1. The fourth-order valence-corrected chi connectivity index (χ4v) is 1.73. The molecule has 8 heteroatoms. The number of nitrogens with zero attached hydrogens (tertiary/aromatic N) is 2. The van der Waals surface area contributed by atoms with Crippen LogP contribution in [0.15, 0.2) is 5.16 Å². The summed E-state index contributed by atoms with van der Waals surface area (Å²) < 4.78 is 4.80. The van der Waals surface area contributed by atoms with E-state index in [1.807, 2.05) is 0 Å². The summed E-state index contributed by atoms with van der Waals surface area (Å²) in [6.07, 6.45) is -0.901. The van der Waals surface area contributed by atoms with Crippen LogP contribution in [0, 0.1) is 0 Å². The predicted molar refractivity (Wildman–Crippen MR) is 62.5 cm³/mol. The van der Waals surface area contributed by atoms with Crippen LogP contribution in [0.1, 0.15) is 6.42 Å². The van der Waals surface area contributed by atoms with Gasteiger partial charge in [0, 0.05) is 20.1 Å². The van der Waals surface area contributed by atoms with Gasteiger partial charge in [0.1, 0.15) is 13.2 Å². The number of nitrogens with one attached hydrogen (secondary N) is 1. The summed E-state index contributed by atoms with van der Waals surface area (Å²) in [7, 11) is 2.90. The molecule has 0 aromatic rings. The standard InChI is InChI=1S/C10H17N3O5/c1-17-4-3-11-9(14)8-5-7(12-18-2)6-13(8)10(15)16/h8H,3-6H2,1-2H3,(H,11,14)(H,15,16)/t8-/m0/s1. The van der Waals surface area contributed by atoms with Crippen molar-refractivity contribution in [2.45, 2.75) is 12.5 Å². The van der Waals surface area contributed by atoms with Crippen molar-refractivity contribution in [1.82, 2.24) is 10.2 Å². The van der Waals surface area contributed by atoms with Crippen molar-refractivity contribution < 1.29 is 24.3 Å². The highest BCUT2D eigenvalue weighted by Crippen LogP contribution is 2.16. The zero-order valence-electron chi connectivity index (χ0n) is 10.4. The summed E-state index contributed by atoms with van der Waals surface area (Å²) in [6.45, 7) is 0.812. The minimum Gasteiger partial charge on any atom is -0.465 e. The molecule has 2 amide bonds. The maximum Gasteiger partial charge on any atom is 0.408 e. The summed E-state index contributed by atoms with van der Waals surface area (Å²) in [5, 5.41) is 15.3. The molecule has 0 spiro atoms. The Morgan fingerprint density at radius 1 is 1.56 bits per heavy atom. The van der Waals surface area contributed by atoms with Crippen molar-refractivity contribution in [2.75, 3.05) is 33.9 Å². The van der Waals surface area contributed by atoms with Crippen LogP contribution in [0.25, 0.3) is 0 Å². The molecular weight excluding hydrogens is 242 g/mol. The van der Waals surface area contributed by atoms with Crippen molar-refractivity contribution in [1.29, 1.82) is 0 Å². The molecule has 1 aliphatic heterocycles. The maximum atomic E-state index is 11.8. The minimum atomic E-state index is -1.15. The lowest BCUT2D eigenvalue weighted by atomic mass is 10.2. The molecule has 18 heavy (non-hydrogen) atoms. The number of hydrogen-bond acceptors (Lipinski definition) is 5. The molecule has 1 aliphatic rings. The van der Waals surface area contributed by atoms with E-state index < -0.39 is 12.1 Å². The molecule has 1 saturated heterocycles. The van der Waals surface area contributed by atoms with E-state index in [1.165, 1.54) is 14.2 Å². The number of hydrogen-bond donors (Lipinski definition) is 2. The third-order valence-electron chi connectivity index (χ3n) is 2.53. The van der Waals surface area contributed by atoms with Crippen LogP contribution in [0.5, 0.6) is 0 Å². The Hall–Kier alpha value is -1.83. The van der Waals surface area contributed by atoms with Crippen LogP contribution in [0.2, 0.25) is 0 Å². The van der Waals surface area contributed by atoms with E-state index in [2.05, 4.69) is 15.3 Å². The van der Waals surface area contributed by atoms with E-state index in [1.54, 1.807) is 0 Å². The third-order valence-corrected chi connectivity index (χ3v) is 2.53. The second-order valence-electron chi connectivity index (χ2n) is 3.75. The monoisotopic (exact) mass is 259 g/mol. The molecule has 0 aliphatic carbocycles. The first-order valence-electron chi connectivity index (χ1n) is 5.45. The number of carbonyl (C=O) groups is 2. The van der Waals surface area contributed by atoms with Crippen molar-refractivity contribution in [3.8, 4) is 0 Å². The molecule has 0 unspecified atom stereocenters. The molecule has 0 aromatic heterocycles. The number of oxime groups is 1. The van der Waals surface area contributed by atoms with Crippen LogP contribution in [-0.4, -0.2) is 67.7 Å². The van der Waals surface area contributed by atoms with E-state index >= 15 is 0 Å². The largest absolute Gasteiger partial charge is 0.465 e. The van der Waals surface area contributed by atoms with Crippen molar-refractivity contribution in [3.05, 3.63) is 0 Å². The van der Waals surface area contributed by atoms with Crippen molar-refractivity contribution in [2.24, 2.45) is 5.16 Å². The Kier molecular flexibility index (Phi) is 5.37. The van der Waals surface area contributed by atoms with E-state index in [9.17, 15) is 9.59 Å². The first-order valence-corrected chi connectivity index (χ1v) is 5.45. The van der Waals surface area contributed by atoms with Gasteiger partial charge in [-0.25, -0.2) is 4.79 Å². The topological polar surface area (TPSA) is 100 Å². The van der Waals surface area contributed by atoms with E-state index in [-0.39, 0.29) is 18.9 Å². The summed E-state index contributed by atoms with van der Waals surface area (Å²) in [5.74, 6) is -0.351. The minimum absolute atomic E-state index is 0.0888. The van der Waals surface area contributed by atoms with E-state index in [0.29, 0.717) is 18.9 Å². The van der Waals surface area contributed by atoms with Gasteiger partial charge in [-0.1, -0.05) is 5.16 Å². The highest BCUT2D eigenvalue weighted by atomic mass is 16.6. The fraction of sp³-hybridized carbons (Fsp3) is 0.700. The molecule has 0 radical (unpaired) electrons. The van der Waals surface area contributed by atoms with Gasteiger partial charge >= 0.3 is 6.09 Å². The molecule has 1 heterocycles. The predicted octanol–water partition coefficient (Wildman–Crippen LogP) is -0.496. The highest BCUT2D eigenvalue weighted by molar-refractivity contribution is 5.99. The summed E-state index contributed by atoms with van der Waals surface area (Å²) >= 11 is 0. The van der Waals surface area contributed by atoms with Gasteiger partial charge < -0.3 is 20.0 Å². The third kappa shape index (κ3) is 3.59. The Morgan fingerprint density at radius 3 is 2.83 bits per heavy atom. The van der Waals surface area contributed by atoms with Crippen LogP contribution in [-0.2, 0) is 14.4 Å². The van der Waals surface area contributed by atoms with Gasteiger partial charge in [0.15, 0.2) is 0 Å². The number of carbonyl (C=O) groups excluding carboxylic acids is 1. The van der Waals surface area contributed by atoms with Crippen LogP contribution >= 0.6 is 0 Å². The zero-order valence-corrected chi connectivity index (χ0v) is 10.4. The van der Waals surface area contributed by atoms with Gasteiger partial charge in [-0.15, -0.1) is 0 Å². The van der Waals surface area contributed by atoms with Crippen molar-refractivity contribution in [3.63, 3.8) is 0 Å². The van der Waals surface area contributed by atoms with Crippen molar-refractivity contribution >= 4 is 17.7 Å². The Morgan fingerprint density at radius 2 is 2.28 bits per heavy atom. The lowest BCUT2D eigenvalue weighted by molar-refractivity contribution is -0.125. The van der Waals surface area contributed by atoms with Crippen LogP contribution in [0.4, 0.5) is 4.79 Å². The molecule has 0 saturated carbocycles. The summed E-state index contributed by atoms with van der Waals surface area (Å²) in [5.41, 5.74) is 0.534. The summed E-state index contributed by atoms with van der Waals surface area (Å²) in [6, 6.07) is -0.756. The number of rotatable bonds is 5. The molecule has 0 aromatic carbocycles. The average molecular weight is 259 g/mol. The SMILES string of the molecule is COCCNC(=O)[C@@H]1CC(=NOC)CN1C(=O)O. The Bertz CT molecular complexity index is 344. The Balaban J connectivity index is 2.63. The average Bonchev–Trinajstić information content (AvgIpc) is 2.74. The van der Waals surface area contributed by atoms with E-state index in [0.717, 1.165) is 4.90 Å². The lowest BCUT2D eigenvalue weighted by Gasteiger charge is -2.19. The number of ether oxygens (including phenoxy) is 1. The number of methoxy groups -OCH3 is 1. The second-order valence-corrected chi connectivity index (χ2v) is 3.75. The molecule has 1 fully saturated rings. The van der Waals surface area contributed by atoms with Crippen LogP contribution in [0.3, 0.4) is 0 Å². The fourth-order valence-electron chi connectivity index (χ4n) is 1.73. The zero-order chi connectivity index (χ0) is 13.5. The van der Waals surface area contributed by atoms with Gasteiger partial charge in [-0.2, -0.15) is 0 Å². The maximum absolute atomic E-state index is 11.8.